The van der Waals surface area contributed by atoms with E-state index in [9.17, 15) is 13.2 Å². The van der Waals surface area contributed by atoms with Crippen molar-refractivity contribution in [1.82, 2.24) is 0 Å². The van der Waals surface area contributed by atoms with Crippen molar-refractivity contribution in [2.24, 2.45) is 23.7 Å². The molecule has 0 saturated heterocycles. The molecule has 166 valence electrons. The van der Waals surface area contributed by atoms with Gasteiger partial charge in [0.1, 0.15) is 5.75 Å². The van der Waals surface area contributed by atoms with Crippen LogP contribution in [0.5, 0.6) is 5.75 Å². The molecule has 5 heteroatoms. The molecule has 4 bridgehead atoms. The monoisotopic (exact) mass is 436 g/mol. The fourth-order valence-electron chi connectivity index (χ4n) is 5.95. The summed E-state index contributed by atoms with van der Waals surface area (Å²) >= 11 is 0. The highest BCUT2D eigenvalue weighted by atomic mass is 28.4. The van der Waals surface area contributed by atoms with Crippen molar-refractivity contribution in [2.75, 3.05) is 0 Å². The summed E-state index contributed by atoms with van der Waals surface area (Å²) in [5, 5.41) is 0.0394. The second kappa shape index (κ2) is 7.42. The highest BCUT2D eigenvalue weighted by Gasteiger charge is 2.47. The first kappa shape index (κ1) is 22.0. The predicted octanol–water partition coefficient (Wildman–Crippen LogP) is 8.23. The first-order valence-corrected chi connectivity index (χ1v) is 14.3. The molecular formula is C25H35F3OSi. The second-order valence-corrected chi connectivity index (χ2v) is 16.1. The van der Waals surface area contributed by atoms with Gasteiger partial charge in [-0.25, -0.2) is 0 Å². The fraction of sp³-hybridized carbons (Fsp3) is 0.680. The van der Waals surface area contributed by atoms with Crippen LogP contribution in [0.2, 0.25) is 18.1 Å². The van der Waals surface area contributed by atoms with Gasteiger partial charge in [0.15, 0.2) is 0 Å². The Morgan fingerprint density at radius 3 is 2.03 bits per heavy atom. The molecule has 4 saturated carbocycles. The quantitative estimate of drug-likeness (QED) is 0.432. The van der Waals surface area contributed by atoms with Crippen molar-refractivity contribution in [3.8, 4) is 5.75 Å². The van der Waals surface area contributed by atoms with E-state index in [1.807, 2.05) is 24.3 Å². The smallest absolute Gasteiger partial charge is 0.393 e. The maximum Gasteiger partial charge on any atom is 0.393 e. The molecule has 0 aliphatic heterocycles. The van der Waals surface area contributed by atoms with Gasteiger partial charge >= 0.3 is 6.18 Å². The molecule has 0 spiro atoms. The van der Waals surface area contributed by atoms with Crippen LogP contribution in [0, 0.1) is 23.7 Å². The Hall–Kier alpha value is -1.23. The molecule has 30 heavy (non-hydrogen) atoms. The van der Waals surface area contributed by atoms with Gasteiger partial charge < -0.3 is 4.43 Å². The van der Waals surface area contributed by atoms with Crippen LogP contribution < -0.4 is 4.43 Å². The van der Waals surface area contributed by atoms with E-state index in [1.165, 1.54) is 6.42 Å². The molecule has 1 aromatic rings. The van der Waals surface area contributed by atoms with Crippen LogP contribution >= 0.6 is 0 Å². The van der Waals surface area contributed by atoms with E-state index in [0.717, 1.165) is 43.1 Å². The zero-order valence-electron chi connectivity index (χ0n) is 18.9. The SMILES string of the molecule is CC(C)(C)[Si](C)(C)Oc1cccc(C(CC(F)(F)F)=C2C3CC4CC(C3)CC2C4)c1. The lowest BCUT2D eigenvalue weighted by Gasteiger charge is -2.52. The largest absolute Gasteiger partial charge is 0.543 e. The third-order valence-electron chi connectivity index (χ3n) is 8.11. The Kier molecular flexibility index (Phi) is 5.44. The van der Waals surface area contributed by atoms with Crippen molar-refractivity contribution < 1.29 is 17.6 Å². The minimum Gasteiger partial charge on any atom is -0.543 e. The van der Waals surface area contributed by atoms with Crippen molar-refractivity contribution in [1.29, 1.82) is 0 Å². The Bertz CT molecular complexity index is 802. The lowest BCUT2D eigenvalue weighted by atomic mass is 9.53. The van der Waals surface area contributed by atoms with Crippen molar-refractivity contribution in [3.63, 3.8) is 0 Å². The van der Waals surface area contributed by atoms with Crippen LogP contribution in [0.1, 0.15) is 64.9 Å². The van der Waals surface area contributed by atoms with Crippen molar-refractivity contribution in [2.45, 2.75) is 83.6 Å². The van der Waals surface area contributed by atoms with Gasteiger partial charge in [0.25, 0.3) is 0 Å². The zero-order chi connectivity index (χ0) is 21.9. The standard InChI is InChI=1S/C25H35F3OSi/c1-24(2,3)30(4,5)29-21-8-6-7-18(14-21)22(15-25(26,27)28)23-19-10-16-9-17(12-19)13-20(23)11-16/h6-8,14,16-17,19-20H,9-13,15H2,1-5H3. The highest BCUT2D eigenvalue weighted by Crippen LogP contribution is 2.58. The van der Waals surface area contributed by atoms with Gasteiger partial charge in [-0.05, 0) is 97.2 Å². The van der Waals surface area contributed by atoms with Crippen LogP contribution in [0.4, 0.5) is 13.2 Å². The summed E-state index contributed by atoms with van der Waals surface area (Å²) < 4.78 is 47.5. The van der Waals surface area contributed by atoms with Gasteiger partial charge in [0.05, 0.1) is 6.42 Å². The molecule has 0 heterocycles. The topological polar surface area (TPSA) is 9.23 Å². The Morgan fingerprint density at radius 2 is 1.53 bits per heavy atom. The molecule has 0 unspecified atom stereocenters. The van der Waals surface area contributed by atoms with Crippen molar-refractivity contribution in [3.05, 3.63) is 35.4 Å². The lowest BCUT2D eigenvalue weighted by Crippen LogP contribution is -2.43. The summed E-state index contributed by atoms with van der Waals surface area (Å²) in [5.74, 6) is 2.88. The zero-order valence-corrected chi connectivity index (χ0v) is 19.9. The summed E-state index contributed by atoms with van der Waals surface area (Å²) in [7, 11) is -2.05. The van der Waals surface area contributed by atoms with Crippen molar-refractivity contribution >= 4 is 13.9 Å². The van der Waals surface area contributed by atoms with E-state index in [0.29, 0.717) is 28.7 Å². The molecule has 4 fully saturated rings. The maximum absolute atomic E-state index is 13.7. The van der Waals surface area contributed by atoms with E-state index in [4.69, 9.17) is 4.43 Å². The number of benzene rings is 1. The van der Waals surface area contributed by atoms with Crippen LogP contribution in [0.25, 0.3) is 5.57 Å². The molecule has 0 radical (unpaired) electrons. The average Bonchev–Trinajstić information content (AvgIpc) is 2.57. The number of halogens is 3. The van der Waals surface area contributed by atoms with Crippen LogP contribution in [-0.2, 0) is 0 Å². The summed E-state index contributed by atoms with van der Waals surface area (Å²) in [4.78, 5) is 0. The van der Waals surface area contributed by atoms with E-state index in [-0.39, 0.29) is 5.04 Å². The number of hydrogen-bond acceptors (Lipinski definition) is 1. The average molecular weight is 437 g/mol. The molecule has 0 N–H and O–H groups in total. The van der Waals surface area contributed by atoms with E-state index >= 15 is 0 Å². The molecule has 0 amide bonds. The predicted molar refractivity (Wildman–Crippen MR) is 119 cm³/mol. The van der Waals surface area contributed by atoms with Crippen LogP contribution in [-0.4, -0.2) is 14.5 Å². The van der Waals surface area contributed by atoms with Crippen LogP contribution in [0.3, 0.4) is 0 Å². The molecule has 1 aromatic carbocycles. The normalized spacial score (nSPS) is 28.7. The Labute approximate surface area is 180 Å². The number of alkyl halides is 3. The second-order valence-electron chi connectivity index (χ2n) is 11.4. The summed E-state index contributed by atoms with van der Waals surface area (Å²) in [5.41, 5.74) is 2.38. The molecule has 0 aromatic heterocycles. The Morgan fingerprint density at radius 1 is 0.967 bits per heavy atom. The minimum absolute atomic E-state index is 0.0394. The molecule has 4 aliphatic rings. The van der Waals surface area contributed by atoms with E-state index in [1.54, 1.807) is 0 Å². The molecule has 4 aliphatic carbocycles. The highest BCUT2D eigenvalue weighted by molar-refractivity contribution is 6.74. The first-order valence-electron chi connectivity index (χ1n) is 11.4. The van der Waals surface area contributed by atoms with Gasteiger partial charge in [-0.2, -0.15) is 13.2 Å². The first-order chi connectivity index (χ1) is 13.8. The van der Waals surface area contributed by atoms with Gasteiger partial charge in [-0.1, -0.05) is 38.5 Å². The van der Waals surface area contributed by atoms with Gasteiger partial charge in [-0.3, -0.25) is 0 Å². The third-order valence-corrected chi connectivity index (χ3v) is 12.5. The number of hydrogen-bond donors (Lipinski definition) is 0. The molecule has 0 atom stereocenters. The molecule has 1 nitrogen and oxygen atoms in total. The Balaban J connectivity index is 1.73. The molecular weight excluding hydrogens is 401 g/mol. The third kappa shape index (κ3) is 4.37. The van der Waals surface area contributed by atoms with Gasteiger partial charge in [-0.15, -0.1) is 0 Å². The number of allylic oxidation sites excluding steroid dienone is 2. The minimum atomic E-state index is -4.20. The summed E-state index contributed by atoms with van der Waals surface area (Å²) in [6.45, 7) is 10.9. The van der Waals surface area contributed by atoms with Gasteiger partial charge in [0, 0.05) is 0 Å². The van der Waals surface area contributed by atoms with E-state index in [2.05, 4.69) is 33.9 Å². The molecule has 5 rings (SSSR count). The van der Waals surface area contributed by atoms with Crippen LogP contribution in [0.15, 0.2) is 29.8 Å². The summed E-state index contributed by atoms with van der Waals surface area (Å²) in [6.07, 6.45) is 0.619. The van der Waals surface area contributed by atoms with Gasteiger partial charge in [0.2, 0.25) is 8.32 Å². The lowest BCUT2D eigenvalue weighted by molar-refractivity contribution is -0.123. The number of rotatable bonds is 4. The van der Waals surface area contributed by atoms with E-state index < -0.39 is 20.9 Å². The summed E-state index contributed by atoms with van der Waals surface area (Å²) in [6, 6.07) is 7.50. The maximum atomic E-state index is 13.7. The fourth-order valence-corrected chi connectivity index (χ4v) is 6.97.